The summed E-state index contributed by atoms with van der Waals surface area (Å²) in [5.74, 6) is 0. The van der Waals surface area contributed by atoms with Crippen LogP contribution < -0.4 is 5.73 Å². The molecule has 0 radical (unpaired) electrons. The van der Waals surface area contributed by atoms with Crippen molar-refractivity contribution >= 4 is 16.7 Å². The number of fused-ring (bicyclic) bond motifs is 1. The molecule has 2 rings (SSSR count). The quantitative estimate of drug-likeness (QED) is 0.650. The highest BCUT2D eigenvalue weighted by Gasteiger charge is 2.07. The maximum absolute atomic E-state index is 9.32. The minimum atomic E-state index is -2.65. The van der Waals surface area contributed by atoms with Gasteiger partial charge in [0, 0.05) is 22.7 Å². The lowest BCUT2D eigenvalue weighted by Crippen LogP contribution is -1.93. The first-order valence-electron chi connectivity index (χ1n) is 5.20. The first-order chi connectivity index (χ1) is 7.32. The average Bonchev–Trinajstić information content (AvgIpc) is 2.44. The zero-order valence-corrected chi connectivity index (χ0v) is 6.96. The number of anilines is 1. The lowest BCUT2D eigenvalue weighted by Gasteiger charge is -2.00. The Labute approximate surface area is 79.2 Å². The van der Waals surface area contributed by atoms with Crippen LogP contribution in [0.5, 0.6) is 0 Å². The van der Waals surface area contributed by atoms with E-state index < -0.39 is 6.56 Å². The van der Waals surface area contributed by atoms with E-state index in [2.05, 4.69) is 5.16 Å². The van der Waals surface area contributed by atoms with Crippen LogP contribution in [0.2, 0.25) is 0 Å². The van der Waals surface area contributed by atoms with Crippen LogP contribution in [0.25, 0.3) is 11.0 Å². The van der Waals surface area contributed by atoms with Gasteiger partial charge in [0.2, 0.25) is 0 Å². The Kier molecular flexibility index (Phi) is 1.10. The van der Waals surface area contributed by atoms with Crippen LogP contribution in [-0.2, 0) is 6.56 Å². The fourth-order valence-electron chi connectivity index (χ4n) is 1.14. The minimum Gasteiger partial charge on any atom is -0.398 e. The second-order valence-electron chi connectivity index (χ2n) is 2.72. The van der Waals surface area contributed by atoms with Gasteiger partial charge in [0.15, 0.2) is 5.58 Å². The zero-order chi connectivity index (χ0) is 12.1. The van der Waals surface area contributed by atoms with Crippen LogP contribution in [0.4, 0.5) is 5.69 Å². The number of hydrogen-bond acceptors (Lipinski definition) is 4. The fourth-order valence-corrected chi connectivity index (χ4v) is 1.14. The second kappa shape index (κ2) is 2.74. The van der Waals surface area contributed by atoms with Crippen LogP contribution >= 0.6 is 0 Å². The van der Waals surface area contributed by atoms with E-state index >= 15 is 0 Å². The lowest BCUT2D eigenvalue weighted by atomic mass is 10.1. The SMILES string of the molecule is [2H]C([2H])(O)c1c(N)cc2onc(C)c2c1[3H]. The van der Waals surface area contributed by atoms with Crippen molar-refractivity contribution in [3.8, 4) is 0 Å². The summed E-state index contributed by atoms with van der Waals surface area (Å²) in [5.41, 5.74) is 6.07. The molecule has 13 heavy (non-hydrogen) atoms. The highest BCUT2D eigenvalue weighted by atomic mass is 16.5. The molecule has 1 heterocycles. The number of aryl methyl sites for hydroxylation is 1. The lowest BCUT2D eigenvalue weighted by molar-refractivity contribution is 0.282. The monoisotopic (exact) mass is 182 g/mol. The molecule has 1 aromatic heterocycles. The largest absolute Gasteiger partial charge is 0.398 e. The number of nitrogens with two attached hydrogens (primary N) is 1. The van der Waals surface area contributed by atoms with Gasteiger partial charge in [-0.25, -0.2) is 0 Å². The summed E-state index contributed by atoms with van der Waals surface area (Å²) in [4.78, 5) is 0. The number of benzene rings is 1. The number of aliphatic hydroxyl groups is 1. The van der Waals surface area contributed by atoms with Gasteiger partial charge < -0.3 is 15.4 Å². The van der Waals surface area contributed by atoms with Gasteiger partial charge in [-0.05, 0) is 13.0 Å². The third kappa shape index (κ3) is 1.15. The van der Waals surface area contributed by atoms with Crippen molar-refractivity contribution in [1.29, 1.82) is 0 Å². The van der Waals surface area contributed by atoms with Gasteiger partial charge in [-0.1, -0.05) is 5.16 Å². The highest BCUT2D eigenvalue weighted by molar-refractivity contribution is 5.83. The van der Waals surface area contributed by atoms with Crippen molar-refractivity contribution in [2.75, 3.05) is 5.73 Å². The summed E-state index contributed by atoms with van der Waals surface area (Å²) in [6.07, 6.45) is 0. The van der Waals surface area contributed by atoms with Gasteiger partial charge in [-0.2, -0.15) is 0 Å². The van der Waals surface area contributed by atoms with E-state index in [9.17, 15) is 5.11 Å². The molecule has 4 nitrogen and oxygen atoms in total. The molecule has 0 spiro atoms. The molecule has 0 amide bonds. The van der Waals surface area contributed by atoms with E-state index in [0.717, 1.165) is 0 Å². The first-order valence-corrected chi connectivity index (χ1v) is 3.70. The molecule has 68 valence electrons. The van der Waals surface area contributed by atoms with Crippen LogP contribution in [0.1, 0.15) is 15.4 Å². The second-order valence-corrected chi connectivity index (χ2v) is 2.72. The molecule has 0 aliphatic carbocycles. The molecule has 1 aromatic carbocycles. The molecule has 0 saturated heterocycles. The van der Waals surface area contributed by atoms with E-state index in [1.54, 1.807) is 6.92 Å². The Morgan fingerprint density at radius 1 is 1.92 bits per heavy atom. The normalized spacial score (nSPS) is 15.4. The van der Waals surface area contributed by atoms with Crippen LogP contribution in [0.3, 0.4) is 0 Å². The van der Waals surface area contributed by atoms with E-state index in [1.807, 2.05) is 0 Å². The molecular formula is C9H10N2O2. The van der Waals surface area contributed by atoms with Crippen molar-refractivity contribution < 1.29 is 13.7 Å². The van der Waals surface area contributed by atoms with E-state index in [4.69, 9.17) is 14.4 Å². The highest BCUT2D eigenvalue weighted by Crippen LogP contribution is 2.24. The predicted molar refractivity (Wildman–Crippen MR) is 49.1 cm³/mol. The van der Waals surface area contributed by atoms with Crippen molar-refractivity contribution in [3.05, 3.63) is 23.4 Å². The summed E-state index contributed by atoms with van der Waals surface area (Å²) in [6.45, 7) is -1.02. The fraction of sp³-hybridized carbons (Fsp3) is 0.222. The van der Waals surface area contributed by atoms with Gasteiger partial charge in [-0.3, -0.25) is 0 Å². The molecular weight excluding hydrogens is 168 g/mol. The van der Waals surface area contributed by atoms with Crippen LogP contribution in [0, 0.1) is 6.92 Å². The van der Waals surface area contributed by atoms with Crippen molar-refractivity contribution in [2.45, 2.75) is 13.5 Å². The molecule has 0 aliphatic rings. The molecule has 4 heteroatoms. The van der Waals surface area contributed by atoms with Crippen molar-refractivity contribution in [3.63, 3.8) is 0 Å². The van der Waals surface area contributed by atoms with Crippen LogP contribution in [0.15, 0.2) is 16.6 Å². The summed E-state index contributed by atoms with van der Waals surface area (Å²) < 4.78 is 27.2. The number of hydrogen-bond donors (Lipinski definition) is 2. The van der Waals surface area contributed by atoms with E-state index in [-0.39, 0.29) is 17.3 Å². The molecule has 0 atom stereocenters. The number of nitrogens with zero attached hydrogens (tertiary/aromatic N) is 1. The number of aromatic nitrogens is 1. The minimum absolute atomic E-state index is 0.0267. The van der Waals surface area contributed by atoms with Gasteiger partial charge in [-0.15, -0.1) is 0 Å². The third-order valence-corrected chi connectivity index (χ3v) is 1.83. The maximum Gasteiger partial charge on any atom is 0.169 e. The topological polar surface area (TPSA) is 72.3 Å². The molecule has 0 aliphatic heterocycles. The Morgan fingerprint density at radius 2 is 2.69 bits per heavy atom. The molecule has 0 saturated carbocycles. The summed E-state index contributed by atoms with van der Waals surface area (Å²) in [6, 6.07) is 1.16. The molecule has 0 bridgehead atoms. The summed E-state index contributed by atoms with van der Waals surface area (Å²) >= 11 is 0. The van der Waals surface area contributed by atoms with Crippen molar-refractivity contribution in [1.82, 2.24) is 5.16 Å². The Bertz CT molecular complexity index is 560. The Balaban J connectivity index is 2.90. The van der Waals surface area contributed by atoms with Gasteiger partial charge >= 0.3 is 0 Å². The maximum atomic E-state index is 9.32. The first kappa shape index (κ1) is 5.24. The summed E-state index contributed by atoms with van der Waals surface area (Å²) in [5, 5.41) is 13.4. The zero-order valence-electron chi connectivity index (χ0n) is 9.96. The third-order valence-electron chi connectivity index (χ3n) is 1.83. The van der Waals surface area contributed by atoms with Crippen molar-refractivity contribution in [2.24, 2.45) is 0 Å². The predicted octanol–water partition coefficient (Wildman–Crippen LogP) is 1.21. The average molecular weight is 182 g/mol. The Morgan fingerprint density at radius 3 is 3.38 bits per heavy atom. The molecule has 0 fully saturated rings. The molecule has 0 unspecified atom stereocenters. The summed E-state index contributed by atoms with van der Waals surface area (Å²) in [7, 11) is 0. The van der Waals surface area contributed by atoms with Gasteiger partial charge in [0.1, 0.15) is 0 Å². The van der Waals surface area contributed by atoms with Crippen LogP contribution in [-0.4, -0.2) is 10.3 Å². The Hall–Kier alpha value is -1.55. The number of nitrogen functional groups attached to an aromatic ring is 1. The molecule has 3 N–H and O–H groups in total. The standard InChI is InChI=1S/C9H10N2O2/c1-5-7-2-6(4-12)8(10)3-9(7)13-11-5/h2-3,12H,4,10H2,1H3/i2T,4D2. The smallest absolute Gasteiger partial charge is 0.169 e. The molecule has 2 aromatic rings. The van der Waals surface area contributed by atoms with Gasteiger partial charge in [0.25, 0.3) is 0 Å². The van der Waals surface area contributed by atoms with E-state index in [0.29, 0.717) is 16.7 Å². The van der Waals surface area contributed by atoms with Gasteiger partial charge in [0.05, 0.1) is 16.4 Å². The number of rotatable bonds is 1. The van der Waals surface area contributed by atoms with E-state index in [1.165, 1.54) is 6.07 Å².